The van der Waals surface area contributed by atoms with Crippen LogP contribution in [-0.2, 0) is 0 Å². The van der Waals surface area contributed by atoms with E-state index in [0.29, 0.717) is 5.02 Å². The van der Waals surface area contributed by atoms with Crippen molar-refractivity contribution in [1.82, 2.24) is 4.90 Å². The lowest BCUT2D eigenvalue weighted by molar-refractivity contribution is 0.158. The molecule has 0 fully saturated rings. The number of aliphatic hydroxyl groups is 1. The Hall–Kier alpha value is -0.0900. The van der Waals surface area contributed by atoms with Crippen molar-refractivity contribution < 1.29 is 5.11 Å². The minimum atomic E-state index is -0.421. The van der Waals surface area contributed by atoms with Crippen molar-refractivity contribution >= 4 is 22.9 Å². The quantitative estimate of drug-likeness (QED) is 0.841. The fraction of sp³-hybridized carbons (Fsp3) is 0.556. The van der Waals surface area contributed by atoms with Crippen LogP contribution in [0.5, 0.6) is 0 Å². The van der Waals surface area contributed by atoms with E-state index >= 15 is 0 Å². The molecule has 0 spiro atoms. The summed E-state index contributed by atoms with van der Waals surface area (Å²) in [5, 5.41) is 12.3. The monoisotopic (exact) mass is 219 g/mol. The summed E-state index contributed by atoms with van der Waals surface area (Å²) >= 11 is 7.40. The molecule has 4 heteroatoms. The summed E-state index contributed by atoms with van der Waals surface area (Å²) in [6.45, 7) is 0.870. The molecule has 0 aliphatic rings. The lowest BCUT2D eigenvalue weighted by Crippen LogP contribution is -2.15. The molecule has 1 atom stereocenters. The molecule has 1 unspecified atom stereocenters. The van der Waals surface area contributed by atoms with Crippen LogP contribution in [0.25, 0.3) is 0 Å². The van der Waals surface area contributed by atoms with Gasteiger partial charge >= 0.3 is 0 Å². The highest BCUT2D eigenvalue weighted by Gasteiger charge is 2.12. The topological polar surface area (TPSA) is 23.5 Å². The van der Waals surface area contributed by atoms with Crippen molar-refractivity contribution in [1.29, 1.82) is 0 Å². The van der Waals surface area contributed by atoms with E-state index in [1.165, 1.54) is 11.3 Å². The molecule has 74 valence electrons. The van der Waals surface area contributed by atoms with Gasteiger partial charge in [0, 0.05) is 6.54 Å². The Labute approximate surface area is 87.8 Å². The standard InChI is InChI=1S/C9H14ClNOS/c1-11(2)5-3-8(12)9-7(10)4-6-13-9/h4,6,8,12H,3,5H2,1-2H3. The molecule has 0 aromatic carbocycles. The SMILES string of the molecule is CN(C)CCC(O)c1sccc1Cl. The molecule has 1 aromatic heterocycles. The van der Waals surface area contributed by atoms with E-state index in [1.54, 1.807) is 0 Å². The first-order valence-electron chi connectivity index (χ1n) is 4.17. The zero-order valence-electron chi connectivity index (χ0n) is 7.83. The van der Waals surface area contributed by atoms with Crippen LogP contribution in [0.4, 0.5) is 0 Å². The van der Waals surface area contributed by atoms with Crippen molar-refractivity contribution in [3.05, 3.63) is 21.3 Å². The molecular weight excluding hydrogens is 206 g/mol. The number of nitrogens with zero attached hydrogens (tertiary/aromatic N) is 1. The third-order valence-corrected chi connectivity index (χ3v) is 3.26. The van der Waals surface area contributed by atoms with Crippen molar-refractivity contribution in [2.75, 3.05) is 20.6 Å². The average Bonchev–Trinajstić information content (AvgIpc) is 2.47. The van der Waals surface area contributed by atoms with Crippen molar-refractivity contribution in [3.8, 4) is 0 Å². The van der Waals surface area contributed by atoms with E-state index in [0.717, 1.165) is 17.8 Å². The Morgan fingerprint density at radius 3 is 2.77 bits per heavy atom. The number of hydrogen-bond donors (Lipinski definition) is 1. The normalized spacial score (nSPS) is 13.6. The minimum Gasteiger partial charge on any atom is -0.387 e. The first-order chi connectivity index (χ1) is 6.11. The molecule has 1 N–H and O–H groups in total. The maximum atomic E-state index is 9.74. The summed E-state index contributed by atoms with van der Waals surface area (Å²) in [7, 11) is 3.98. The second-order valence-corrected chi connectivity index (χ2v) is 4.60. The lowest BCUT2D eigenvalue weighted by Gasteiger charge is -2.13. The predicted molar refractivity (Wildman–Crippen MR) is 57.5 cm³/mol. The molecule has 0 aliphatic heterocycles. The van der Waals surface area contributed by atoms with Gasteiger partial charge in [-0.1, -0.05) is 11.6 Å². The highest BCUT2D eigenvalue weighted by atomic mass is 35.5. The fourth-order valence-electron chi connectivity index (χ4n) is 1.05. The molecule has 0 aliphatic carbocycles. The Morgan fingerprint density at radius 1 is 1.62 bits per heavy atom. The van der Waals surface area contributed by atoms with E-state index in [9.17, 15) is 5.11 Å². The summed E-state index contributed by atoms with van der Waals surface area (Å²) in [6.07, 6.45) is 0.308. The first kappa shape index (κ1) is 11.0. The second kappa shape index (κ2) is 4.96. The lowest BCUT2D eigenvalue weighted by atomic mass is 10.2. The summed E-state index contributed by atoms with van der Waals surface area (Å²) in [4.78, 5) is 2.92. The molecule has 0 radical (unpaired) electrons. The van der Waals surface area contributed by atoms with Crippen LogP contribution in [0.1, 0.15) is 17.4 Å². The van der Waals surface area contributed by atoms with Crippen LogP contribution in [0.3, 0.4) is 0 Å². The number of halogens is 1. The largest absolute Gasteiger partial charge is 0.387 e. The fourth-order valence-corrected chi connectivity index (χ4v) is 2.26. The number of hydrogen-bond acceptors (Lipinski definition) is 3. The van der Waals surface area contributed by atoms with Gasteiger partial charge in [-0.15, -0.1) is 11.3 Å². The Kier molecular flexibility index (Phi) is 4.19. The van der Waals surface area contributed by atoms with Gasteiger partial charge in [-0.25, -0.2) is 0 Å². The molecule has 2 nitrogen and oxygen atoms in total. The second-order valence-electron chi connectivity index (χ2n) is 3.24. The smallest absolute Gasteiger partial charge is 0.0909 e. The Balaban J connectivity index is 2.49. The molecule has 0 saturated heterocycles. The molecule has 1 aromatic rings. The third-order valence-electron chi connectivity index (χ3n) is 1.80. The Morgan fingerprint density at radius 2 is 2.31 bits per heavy atom. The molecule has 0 bridgehead atoms. The van der Waals surface area contributed by atoms with Gasteiger partial charge in [0.1, 0.15) is 0 Å². The third kappa shape index (κ3) is 3.27. The summed E-state index contributed by atoms with van der Waals surface area (Å²) < 4.78 is 0. The number of thiophene rings is 1. The van der Waals surface area contributed by atoms with Crippen LogP contribution < -0.4 is 0 Å². The van der Waals surface area contributed by atoms with E-state index < -0.39 is 6.10 Å². The predicted octanol–water partition coefficient (Wildman–Crippen LogP) is 2.39. The van der Waals surface area contributed by atoms with Gasteiger partial charge < -0.3 is 10.0 Å². The molecule has 1 rings (SSSR count). The maximum Gasteiger partial charge on any atom is 0.0909 e. The average molecular weight is 220 g/mol. The minimum absolute atomic E-state index is 0.421. The van der Waals surface area contributed by atoms with Gasteiger partial charge in [0.25, 0.3) is 0 Å². The van der Waals surface area contributed by atoms with Gasteiger partial charge in [0.2, 0.25) is 0 Å². The molecule has 0 saturated carbocycles. The van der Waals surface area contributed by atoms with E-state index in [4.69, 9.17) is 11.6 Å². The van der Waals surface area contributed by atoms with E-state index in [1.807, 2.05) is 30.4 Å². The van der Waals surface area contributed by atoms with Gasteiger partial charge in [-0.2, -0.15) is 0 Å². The maximum absolute atomic E-state index is 9.74. The Bertz CT molecular complexity index is 262. The summed E-state index contributed by atoms with van der Waals surface area (Å²) in [5.41, 5.74) is 0. The molecular formula is C9H14ClNOS. The van der Waals surface area contributed by atoms with Gasteiger partial charge in [0.05, 0.1) is 16.0 Å². The highest BCUT2D eigenvalue weighted by Crippen LogP contribution is 2.30. The number of aliphatic hydroxyl groups excluding tert-OH is 1. The van der Waals surface area contributed by atoms with Crippen LogP contribution in [0.2, 0.25) is 5.02 Å². The van der Waals surface area contributed by atoms with Gasteiger partial charge in [-0.3, -0.25) is 0 Å². The van der Waals surface area contributed by atoms with Crippen LogP contribution in [-0.4, -0.2) is 30.6 Å². The summed E-state index contributed by atoms with van der Waals surface area (Å²) in [5.74, 6) is 0. The zero-order valence-corrected chi connectivity index (χ0v) is 9.40. The van der Waals surface area contributed by atoms with Crippen molar-refractivity contribution in [2.45, 2.75) is 12.5 Å². The van der Waals surface area contributed by atoms with E-state index in [-0.39, 0.29) is 0 Å². The van der Waals surface area contributed by atoms with Crippen molar-refractivity contribution in [2.24, 2.45) is 0 Å². The van der Waals surface area contributed by atoms with Crippen LogP contribution in [0.15, 0.2) is 11.4 Å². The van der Waals surface area contributed by atoms with Crippen molar-refractivity contribution in [3.63, 3.8) is 0 Å². The van der Waals surface area contributed by atoms with Crippen LogP contribution >= 0.6 is 22.9 Å². The van der Waals surface area contributed by atoms with E-state index in [2.05, 4.69) is 0 Å². The molecule has 1 heterocycles. The molecule has 0 amide bonds. The number of rotatable bonds is 4. The zero-order chi connectivity index (χ0) is 9.84. The first-order valence-corrected chi connectivity index (χ1v) is 5.42. The molecule has 13 heavy (non-hydrogen) atoms. The van der Waals surface area contributed by atoms with Crippen LogP contribution in [0, 0.1) is 0 Å². The van der Waals surface area contributed by atoms with Gasteiger partial charge in [0.15, 0.2) is 0 Å². The van der Waals surface area contributed by atoms with Gasteiger partial charge in [-0.05, 0) is 32.0 Å². The summed E-state index contributed by atoms with van der Waals surface area (Å²) in [6, 6.07) is 1.82. The highest BCUT2D eigenvalue weighted by molar-refractivity contribution is 7.10.